The smallest absolute Gasteiger partial charge is 0.364 e. The third-order valence-electron chi connectivity index (χ3n) is 3.09. The monoisotopic (exact) mass is 273 g/mol. The number of fused-ring (bicyclic) bond motifs is 1. The molecule has 3 nitrogen and oxygen atoms in total. The van der Waals surface area contributed by atoms with Gasteiger partial charge in [0.1, 0.15) is 13.2 Å². The van der Waals surface area contributed by atoms with Crippen LogP contribution in [0.2, 0.25) is 0 Å². The number of ketones is 1. The second-order valence-corrected chi connectivity index (χ2v) is 4.57. The van der Waals surface area contributed by atoms with E-state index in [1.165, 1.54) is 0 Å². The number of Topliss-reactive ketones (excluding diaryl/α,β-unsaturated/α-hetero) is 1. The Morgan fingerprint density at radius 2 is 2.26 bits per heavy atom. The molecule has 1 aliphatic rings. The van der Waals surface area contributed by atoms with Crippen molar-refractivity contribution in [2.75, 3.05) is 13.2 Å². The van der Waals surface area contributed by atoms with Gasteiger partial charge >= 0.3 is 6.18 Å². The Balaban J connectivity index is 1.97. The van der Waals surface area contributed by atoms with Crippen molar-refractivity contribution in [3.05, 3.63) is 29.6 Å². The van der Waals surface area contributed by atoms with Gasteiger partial charge < -0.3 is 4.74 Å². The van der Waals surface area contributed by atoms with Crippen molar-refractivity contribution in [3.63, 3.8) is 0 Å². The maximum atomic E-state index is 11.9. The summed E-state index contributed by atoms with van der Waals surface area (Å²) in [5.41, 5.74) is 1.69. The molecule has 0 spiro atoms. The number of ether oxygens (including phenoxy) is 1. The third kappa shape index (κ3) is 3.76. The van der Waals surface area contributed by atoms with E-state index in [1.54, 1.807) is 12.3 Å². The van der Waals surface area contributed by atoms with Crippen LogP contribution in [0.15, 0.2) is 18.3 Å². The fraction of sp³-hybridized carbons (Fsp3) is 0.538. The molecular formula is C13H14F3NO2. The van der Waals surface area contributed by atoms with Crippen LogP contribution in [0.3, 0.4) is 0 Å². The molecule has 0 saturated heterocycles. The van der Waals surface area contributed by atoms with Gasteiger partial charge in [-0.15, -0.1) is 0 Å². The van der Waals surface area contributed by atoms with E-state index in [4.69, 9.17) is 0 Å². The molecule has 19 heavy (non-hydrogen) atoms. The SMILES string of the molecule is O=C(COCC(F)(F)F)C1CCCc2cccnc21. The normalized spacial score (nSPS) is 19.0. The van der Waals surface area contributed by atoms with Gasteiger partial charge in [0.25, 0.3) is 0 Å². The summed E-state index contributed by atoms with van der Waals surface area (Å²) in [6.07, 6.45) is -0.479. The topological polar surface area (TPSA) is 39.2 Å². The summed E-state index contributed by atoms with van der Waals surface area (Å²) in [5, 5.41) is 0. The maximum Gasteiger partial charge on any atom is 0.411 e. The number of aromatic nitrogens is 1. The van der Waals surface area contributed by atoms with Gasteiger partial charge in [-0.05, 0) is 30.9 Å². The molecule has 0 N–H and O–H groups in total. The lowest BCUT2D eigenvalue weighted by Gasteiger charge is -2.23. The number of aryl methyl sites for hydroxylation is 1. The van der Waals surface area contributed by atoms with Gasteiger partial charge in [-0.25, -0.2) is 0 Å². The highest BCUT2D eigenvalue weighted by Gasteiger charge is 2.30. The molecule has 1 aromatic rings. The molecule has 0 aromatic carbocycles. The summed E-state index contributed by atoms with van der Waals surface area (Å²) >= 11 is 0. The molecule has 104 valence electrons. The van der Waals surface area contributed by atoms with Crippen molar-refractivity contribution in [2.24, 2.45) is 0 Å². The fourth-order valence-electron chi connectivity index (χ4n) is 2.29. The molecule has 1 heterocycles. The molecule has 2 rings (SSSR count). The van der Waals surface area contributed by atoms with Crippen molar-refractivity contribution < 1.29 is 22.7 Å². The lowest BCUT2D eigenvalue weighted by molar-refractivity contribution is -0.175. The quantitative estimate of drug-likeness (QED) is 0.846. The molecule has 1 aromatic heterocycles. The average Bonchev–Trinajstić information content (AvgIpc) is 2.36. The van der Waals surface area contributed by atoms with Gasteiger partial charge in [0.2, 0.25) is 0 Å². The highest BCUT2D eigenvalue weighted by molar-refractivity contribution is 5.87. The van der Waals surface area contributed by atoms with Gasteiger partial charge in [-0.3, -0.25) is 9.78 Å². The number of alkyl halides is 3. The second-order valence-electron chi connectivity index (χ2n) is 4.57. The Bertz CT molecular complexity index is 459. The molecule has 1 aliphatic carbocycles. The van der Waals surface area contributed by atoms with E-state index in [9.17, 15) is 18.0 Å². The Labute approximate surface area is 108 Å². The van der Waals surface area contributed by atoms with Crippen LogP contribution < -0.4 is 0 Å². The molecular weight excluding hydrogens is 259 g/mol. The largest absolute Gasteiger partial charge is 0.411 e. The summed E-state index contributed by atoms with van der Waals surface area (Å²) in [6, 6.07) is 3.70. The highest BCUT2D eigenvalue weighted by atomic mass is 19.4. The summed E-state index contributed by atoms with van der Waals surface area (Å²) in [7, 11) is 0. The molecule has 0 aliphatic heterocycles. The molecule has 0 fully saturated rings. The number of hydrogen-bond acceptors (Lipinski definition) is 3. The lowest BCUT2D eigenvalue weighted by atomic mass is 9.84. The first-order valence-electron chi connectivity index (χ1n) is 6.08. The van der Waals surface area contributed by atoms with Crippen LogP contribution in [-0.4, -0.2) is 30.2 Å². The Kier molecular flexibility index (Phi) is 4.19. The minimum absolute atomic E-state index is 0.330. The predicted octanol–water partition coefficient (Wildman–Crippen LogP) is 2.65. The van der Waals surface area contributed by atoms with Gasteiger partial charge in [-0.1, -0.05) is 6.07 Å². The van der Waals surface area contributed by atoms with E-state index in [-0.39, 0.29) is 5.78 Å². The molecule has 1 unspecified atom stereocenters. The van der Waals surface area contributed by atoms with Crippen molar-refractivity contribution in [2.45, 2.75) is 31.4 Å². The molecule has 0 bridgehead atoms. The third-order valence-corrected chi connectivity index (χ3v) is 3.09. The second kappa shape index (κ2) is 5.69. The lowest BCUT2D eigenvalue weighted by Crippen LogP contribution is -2.26. The molecule has 0 saturated carbocycles. The number of carbonyl (C=O) groups is 1. The zero-order chi connectivity index (χ0) is 13.9. The van der Waals surface area contributed by atoms with E-state index in [2.05, 4.69) is 9.72 Å². The number of halogens is 3. The van der Waals surface area contributed by atoms with Crippen LogP contribution in [0.1, 0.15) is 30.0 Å². The minimum Gasteiger partial charge on any atom is -0.364 e. The van der Waals surface area contributed by atoms with E-state index in [1.807, 2.05) is 6.07 Å². The predicted molar refractivity (Wildman–Crippen MR) is 61.8 cm³/mol. The zero-order valence-corrected chi connectivity index (χ0v) is 10.2. The minimum atomic E-state index is -4.40. The van der Waals surface area contributed by atoms with Crippen LogP contribution in [0.25, 0.3) is 0 Å². The Morgan fingerprint density at radius 3 is 3.00 bits per heavy atom. The standard InChI is InChI=1S/C13H14F3NO2/c14-13(15,16)8-19-7-11(18)10-5-1-3-9-4-2-6-17-12(9)10/h2,4,6,10H,1,3,5,7-8H2. The number of nitrogens with zero attached hydrogens (tertiary/aromatic N) is 1. The highest BCUT2D eigenvalue weighted by Crippen LogP contribution is 2.30. The number of rotatable bonds is 4. The molecule has 1 atom stereocenters. The first-order chi connectivity index (χ1) is 8.97. The first kappa shape index (κ1) is 14.0. The van der Waals surface area contributed by atoms with Gasteiger partial charge in [0, 0.05) is 6.20 Å². The molecule has 0 radical (unpaired) electrons. The van der Waals surface area contributed by atoms with Crippen LogP contribution in [0, 0.1) is 0 Å². The van der Waals surface area contributed by atoms with Crippen molar-refractivity contribution in [1.29, 1.82) is 0 Å². The number of hydrogen-bond donors (Lipinski definition) is 0. The number of carbonyl (C=O) groups excluding carboxylic acids is 1. The van der Waals surface area contributed by atoms with Crippen molar-refractivity contribution in [1.82, 2.24) is 4.98 Å². The summed E-state index contributed by atoms with van der Waals surface area (Å²) < 4.78 is 40.2. The number of pyridine rings is 1. The molecule has 6 heteroatoms. The molecule has 0 amide bonds. The summed E-state index contributed by atoms with van der Waals surface area (Å²) in [5.74, 6) is -0.762. The van der Waals surface area contributed by atoms with Crippen LogP contribution in [0.4, 0.5) is 13.2 Å². The maximum absolute atomic E-state index is 11.9. The summed E-state index contributed by atoms with van der Waals surface area (Å²) in [4.78, 5) is 16.1. The van der Waals surface area contributed by atoms with E-state index in [0.717, 1.165) is 18.4 Å². The van der Waals surface area contributed by atoms with Gasteiger partial charge in [-0.2, -0.15) is 13.2 Å². The summed E-state index contributed by atoms with van der Waals surface area (Å²) in [6.45, 7) is -1.90. The zero-order valence-electron chi connectivity index (χ0n) is 10.2. The Morgan fingerprint density at radius 1 is 1.47 bits per heavy atom. The first-order valence-corrected chi connectivity index (χ1v) is 6.08. The van der Waals surface area contributed by atoms with Crippen LogP contribution >= 0.6 is 0 Å². The van der Waals surface area contributed by atoms with Crippen molar-refractivity contribution >= 4 is 5.78 Å². The average molecular weight is 273 g/mol. The Hall–Kier alpha value is -1.43. The van der Waals surface area contributed by atoms with Gasteiger partial charge in [0.15, 0.2) is 5.78 Å². The van der Waals surface area contributed by atoms with Crippen LogP contribution in [-0.2, 0) is 16.0 Å². The van der Waals surface area contributed by atoms with E-state index < -0.39 is 25.3 Å². The fourth-order valence-corrected chi connectivity index (χ4v) is 2.29. The van der Waals surface area contributed by atoms with E-state index >= 15 is 0 Å². The van der Waals surface area contributed by atoms with Crippen molar-refractivity contribution in [3.8, 4) is 0 Å². The van der Waals surface area contributed by atoms with Gasteiger partial charge in [0.05, 0.1) is 11.6 Å². The van der Waals surface area contributed by atoms with Crippen LogP contribution in [0.5, 0.6) is 0 Å². The van der Waals surface area contributed by atoms with E-state index in [0.29, 0.717) is 12.1 Å².